The van der Waals surface area contributed by atoms with Gasteiger partial charge in [0.2, 0.25) is 11.8 Å². The van der Waals surface area contributed by atoms with Gasteiger partial charge in [-0.1, -0.05) is 30.3 Å². The van der Waals surface area contributed by atoms with Crippen LogP contribution < -0.4 is 5.32 Å². The molecule has 166 valence electrons. The van der Waals surface area contributed by atoms with Gasteiger partial charge in [0, 0.05) is 13.1 Å². The van der Waals surface area contributed by atoms with Crippen LogP contribution in [0.25, 0.3) is 0 Å². The van der Waals surface area contributed by atoms with E-state index in [1.807, 2.05) is 30.3 Å². The fraction of sp³-hybridized carbons (Fsp3) is 0.545. The van der Waals surface area contributed by atoms with Crippen molar-refractivity contribution in [3.05, 3.63) is 35.9 Å². The zero-order valence-corrected chi connectivity index (χ0v) is 17.5. The molecule has 1 saturated carbocycles. The highest BCUT2D eigenvalue weighted by Crippen LogP contribution is 2.44. The lowest BCUT2D eigenvalue weighted by Crippen LogP contribution is -2.52. The number of benzene rings is 1. The van der Waals surface area contributed by atoms with E-state index in [4.69, 9.17) is 9.47 Å². The fourth-order valence-corrected chi connectivity index (χ4v) is 4.46. The molecule has 3 aliphatic rings. The highest BCUT2D eigenvalue weighted by molar-refractivity contribution is 5.96. The number of hydrogen-bond acceptors (Lipinski definition) is 6. The highest BCUT2D eigenvalue weighted by Gasteiger charge is 2.60. The second-order valence-corrected chi connectivity index (χ2v) is 8.25. The molecule has 1 aliphatic carbocycles. The first kappa shape index (κ1) is 21.1. The van der Waals surface area contributed by atoms with Gasteiger partial charge in [-0.05, 0) is 37.7 Å². The van der Waals surface area contributed by atoms with E-state index in [-0.39, 0.29) is 18.4 Å². The molecule has 3 amide bonds. The van der Waals surface area contributed by atoms with Crippen molar-refractivity contribution in [3.8, 4) is 0 Å². The Morgan fingerprint density at radius 1 is 1.13 bits per heavy atom. The largest absolute Gasteiger partial charge is 0.467 e. The summed E-state index contributed by atoms with van der Waals surface area (Å²) in [4.78, 5) is 53.3. The van der Waals surface area contributed by atoms with Crippen LogP contribution in [0.4, 0.5) is 4.79 Å². The summed E-state index contributed by atoms with van der Waals surface area (Å²) < 4.78 is 10.2. The van der Waals surface area contributed by atoms with E-state index in [9.17, 15) is 19.2 Å². The smallest absolute Gasteiger partial charge is 0.410 e. The van der Waals surface area contributed by atoms with Gasteiger partial charge in [0.25, 0.3) is 0 Å². The second-order valence-electron chi connectivity index (χ2n) is 8.25. The number of rotatable bonds is 6. The van der Waals surface area contributed by atoms with Crippen LogP contribution >= 0.6 is 0 Å². The van der Waals surface area contributed by atoms with Crippen LogP contribution in [-0.4, -0.2) is 71.5 Å². The molecule has 1 N–H and O–H groups in total. The van der Waals surface area contributed by atoms with Crippen molar-refractivity contribution < 1.29 is 28.7 Å². The number of likely N-dealkylation sites (tertiary alicyclic amines) is 2. The van der Waals surface area contributed by atoms with Crippen molar-refractivity contribution in [1.82, 2.24) is 15.1 Å². The van der Waals surface area contributed by atoms with Crippen LogP contribution in [0.5, 0.6) is 0 Å². The summed E-state index contributed by atoms with van der Waals surface area (Å²) >= 11 is 0. The molecule has 2 aliphatic heterocycles. The Hall–Kier alpha value is -3.10. The van der Waals surface area contributed by atoms with Gasteiger partial charge in [-0.3, -0.25) is 14.5 Å². The Kier molecular flexibility index (Phi) is 5.84. The van der Waals surface area contributed by atoms with Crippen LogP contribution in [0, 0.1) is 0 Å². The average molecular weight is 429 g/mol. The van der Waals surface area contributed by atoms with Crippen LogP contribution in [-0.2, 0) is 30.5 Å². The number of amides is 3. The number of nitrogens with one attached hydrogen (secondary N) is 1. The van der Waals surface area contributed by atoms with Crippen LogP contribution in [0.1, 0.15) is 37.7 Å². The molecule has 0 radical (unpaired) electrons. The van der Waals surface area contributed by atoms with E-state index in [0.717, 1.165) is 5.56 Å². The summed E-state index contributed by atoms with van der Waals surface area (Å²) in [5.41, 5.74) is -0.00122. The molecular formula is C22H27N3O6. The van der Waals surface area contributed by atoms with Gasteiger partial charge in [-0.25, -0.2) is 9.59 Å². The molecule has 0 aromatic heterocycles. The van der Waals surface area contributed by atoms with E-state index >= 15 is 0 Å². The number of nitrogens with zero attached hydrogens (tertiary/aromatic N) is 2. The molecule has 9 nitrogen and oxygen atoms in total. The molecule has 2 atom stereocenters. The maximum absolute atomic E-state index is 12.9. The predicted molar refractivity (Wildman–Crippen MR) is 109 cm³/mol. The third-order valence-electron chi connectivity index (χ3n) is 6.32. The van der Waals surface area contributed by atoms with Gasteiger partial charge in [0.05, 0.1) is 7.11 Å². The van der Waals surface area contributed by atoms with Gasteiger partial charge < -0.3 is 19.7 Å². The fourth-order valence-electron chi connectivity index (χ4n) is 4.46. The molecule has 31 heavy (non-hydrogen) atoms. The van der Waals surface area contributed by atoms with E-state index in [2.05, 4.69) is 5.32 Å². The summed E-state index contributed by atoms with van der Waals surface area (Å²) in [6.45, 7) is 0.963. The quantitative estimate of drug-likeness (QED) is 0.682. The third-order valence-corrected chi connectivity index (χ3v) is 6.32. The molecular weight excluding hydrogens is 402 g/mol. The Morgan fingerprint density at radius 2 is 1.87 bits per heavy atom. The van der Waals surface area contributed by atoms with E-state index < -0.39 is 29.7 Å². The molecule has 3 fully saturated rings. The maximum Gasteiger partial charge on any atom is 0.410 e. The predicted octanol–water partition coefficient (Wildman–Crippen LogP) is 1.21. The first-order chi connectivity index (χ1) is 15.0. The number of ether oxygens (including phenoxy) is 2. The summed E-state index contributed by atoms with van der Waals surface area (Å²) in [7, 11) is 1.31. The summed E-state index contributed by atoms with van der Waals surface area (Å²) in [6.07, 6.45) is 2.25. The summed E-state index contributed by atoms with van der Waals surface area (Å²) in [6, 6.07) is 7.97. The van der Waals surface area contributed by atoms with Crippen LogP contribution in [0.15, 0.2) is 30.3 Å². The molecule has 1 aromatic rings. The molecule has 2 saturated heterocycles. The number of hydrogen-bond donors (Lipinski definition) is 1. The van der Waals surface area contributed by atoms with Crippen molar-refractivity contribution in [2.45, 2.75) is 56.3 Å². The zero-order chi connectivity index (χ0) is 22.0. The van der Waals surface area contributed by atoms with E-state index in [1.54, 1.807) is 0 Å². The molecule has 1 aromatic carbocycles. The third kappa shape index (κ3) is 4.08. The van der Waals surface area contributed by atoms with Crippen molar-refractivity contribution in [3.63, 3.8) is 0 Å². The van der Waals surface area contributed by atoms with Crippen molar-refractivity contribution >= 4 is 23.9 Å². The highest BCUT2D eigenvalue weighted by atomic mass is 16.6. The molecule has 9 heteroatoms. The number of carbonyl (C=O) groups excluding carboxylic acids is 4. The zero-order valence-electron chi connectivity index (χ0n) is 17.5. The molecule has 0 unspecified atom stereocenters. The summed E-state index contributed by atoms with van der Waals surface area (Å²) in [5.74, 6) is -1.04. The van der Waals surface area contributed by atoms with Gasteiger partial charge in [0.1, 0.15) is 24.2 Å². The van der Waals surface area contributed by atoms with E-state index in [1.165, 1.54) is 16.9 Å². The Bertz CT molecular complexity index is 869. The lowest BCUT2D eigenvalue weighted by Gasteiger charge is -2.27. The minimum Gasteiger partial charge on any atom is -0.467 e. The van der Waals surface area contributed by atoms with Crippen molar-refractivity contribution in [1.29, 1.82) is 0 Å². The second kappa shape index (κ2) is 8.56. The topological polar surface area (TPSA) is 105 Å². The van der Waals surface area contributed by atoms with Crippen molar-refractivity contribution in [2.75, 3.05) is 20.2 Å². The normalized spacial score (nSPS) is 24.1. The standard InChI is InChI=1S/C22H27N3O6/c1-30-20(28)22(10-11-22)25-13-9-16(19(25)27)23-18(26)17-8-5-12-24(17)21(29)31-14-15-6-3-2-4-7-15/h2-4,6-7,16-17H,5,8-14H2,1H3,(H,23,26)/t16-,17+/m1/s1. The average Bonchev–Trinajstić information content (AvgIpc) is 3.28. The number of esters is 1. The minimum absolute atomic E-state index is 0.135. The Labute approximate surface area is 180 Å². The van der Waals surface area contributed by atoms with Crippen molar-refractivity contribution in [2.24, 2.45) is 0 Å². The molecule has 4 rings (SSSR count). The minimum atomic E-state index is -0.869. The van der Waals surface area contributed by atoms with E-state index in [0.29, 0.717) is 45.2 Å². The molecule has 2 heterocycles. The number of methoxy groups -OCH3 is 1. The monoisotopic (exact) mass is 429 g/mol. The lowest BCUT2D eigenvalue weighted by atomic mass is 10.1. The Morgan fingerprint density at radius 3 is 2.55 bits per heavy atom. The first-order valence-electron chi connectivity index (χ1n) is 10.6. The first-order valence-corrected chi connectivity index (χ1v) is 10.6. The molecule has 0 spiro atoms. The Balaban J connectivity index is 1.33. The van der Waals surface area contributed by atoms with Gasteiger partial charge in [0.15, 0.2) is 0 Å². The van der Waals surface area contributed by atoms with Gasteiger partial charge in [-0.15, -0.1) is 0 Å². The maximum atomic E-state index is 12.9. The van der Waals surface area contributed by atoms with Crippen LogP contribution in [0.2, 0.25) is 0 Å². The van der Waals surface area contributed by atoms with Gasteiger partial charge >= 0.3 is 12.1 Å². The summed E-state index contributed by atoms with van der Waals surface area (Å²) in [5, 5.41) is 2.78. The lowest BCUT2D eigenvalue weighted by molar-refractivity contribution is -0.153. The van der Waals surface area contributed by atoms with Crippen LogP contribution in [0.3, 0.4) is 0 Å². The SMILES string of the molecule is COC(=O)C1(N2CC[C@@H](NC(=O)[C@@H]3CCCN3C(=O)OCc3ccccc3)C2=O)CC1. The van der Waals surface area contributed by atoms with Gasteiger partial charge in [-0.2, -0.15) is 0 Å². The number of carbonyl (C=O) groups is 4. The molecule has 0 bridgehead atoms.